The molecule has 0 saturated carbocycles. The standard InChI is InChI=1S/C27H28N4O/c1-17-13-23(14-18(2)29-17)21-6-7-24-19(3)26(30-25(24)15-21)20-8-11-31(12-9-20)27(32)22-5-4-10-28-16-22/h4-7,10,13-16,20,30H,8-9,11-12H2,1-3H3. The van der Waals surface area contributed by atoms with Gasteiger partial charge in [0.2, 0.25) is 0 Å². The van der Waals surface area contributed by atoms with Crippen LogP contribution in [-0.4, -0.2) is 38.8 Å². The molecule has 1 amide bonds. The summed E-state index contributed by atoms with van der Waals surface area (Å²) < 4.78 is 0. The van der Waals surface area contributed by atoms with E-state index in [1.54, 1.807) is 12.4 Å². The van der Waals surface area contributed by atoms with Crippen LogP contribution in [0.15, 0.2) is 54.9 Å². The molecule has 0 atom stereocenters. The van der Waals surface area contributed by atoms with Gasteiger partial charge in [0.15, 0.2) is 0 Å². The average molecular weight is 425 g/mol. The van der Waals surface area contributed by atoms with Crippen LogP contribution in [0.1, 0.15) is 51.8 Å². The van der Waals surface area contributed by atoms with Gasteiger partial charge in [-0.2, -0.15) is 0 Å². The normalized spacial score (nSPS) is 14.8. The highest BCUT2D eigenvalue weighted by molar-refractivity contribution is 5.94. The number of amides is 1. The van der Waals surface area contributed by atoms with Gasteiger partial charge in [0.1, 0.15) is 0 Å². The van der Waals surface area contributed by atoms with E-state index in [0.717, 1.165) is 37.3 Å². The predicted octanol–water partition coefficient (Wildman–Crippen LogP) is 5.57. The van der Waals surface area contributed by atoms with Gasteiger partial charge in [-0.05, 0) is 80.6 Å². The number of likely N-dealkylation sites (tertiary alicyclic amines) is 1. The third kappa shape index (κ3) is 3.79. The van der Waals surface area contributed by atoms with Crippen LogP contribution in [0.4, 0.5) is 0 Å². The molecule has 3 aromatic heterocycles. The molecule has 1 N–H and O–H groups in total. The number of aromatic nitrogens is 3. The summed E-state index contributed by atoms with van der Waals surface area (Å²) in [5.74, 6) is 0.520. The maximum Gasteiger partial charge on any atom is 0.255 e. The maximum atomic E-state index is 12.7. The van der Waals surface area contributed by atoms with E-state index >= 15 is 0 Å². The van der Waals surface area contributed by atoms with Gasteiger partial charge in [-0.1, -0.05) is 12.1 Å². The molecule has 4 aromatic rings. The summed E-state index contributed by atoms with van der Waals surface area (Å²) in [5.41, 5.74) is 8.96. The van der Waals surface area contributed by atoms with Crippen LogP contribution in [0, 0.1) is 20.8 Å². The second kappa shape index (κ2) is 8.23. The van der Waals surface area contributed by atoms with Crippen LogP contribution in [0.25, 0.3) is 22.0 Å². The second-order valence-corrected chi connectivity index (χ2v) is 8.87. The molecular weight excluding hydrogens is 396 g/mol. The molecule has 0 radical (unpaired) electrons. The Bertz CT molecular complexity index is 1260. The Morgan fingerprint density at radius 3 is 2.44 bits per heavy atom. The number of carbonyl (C=O) groups excluding carboxylic acids is 1. The minimum Gasteiger partial charge on any atom is -0.358 e. The summed E-state index contributed by atoms with van der Waals surface area (Å²) in [6.45, 7) is 7.83. The fourth-order valence-corrected chi connectivity index (χ4v) is 4.99. The summed E-state index contributed by atoms with van der Waals surface area (Å²) in [5, 5.41) is 1.28. The van der Waals surface area contributed by atoms with Crippen LogP contribution >= 0.6 is 0 Å². The Kier molecular flexibility index (Phi) is 5.25. The lowest BCUT2D eigenvalue weighted by atomic mass is 9.91. The summed E-state index contributed by atoms with van der Waals surface area (Å²) in [7, 11) is 0. The Labute approximate surface area is 188 Å². The number of pyridine rings is 2. The molecule has 162 valence electrons. The van der Waals surface area contributed by atoms with Crippen LogP contribution in [0.3, 0.4) is 0 Å². The number of fused-ring (bicyclic) bond motifs is 1. The maximum absolute atomic E-state index is 12.7. The van der Waals surface area contributed by atoms with Crippen molar-refractivity contribution >= 4 is 16.8 Å². The van der Waals surface area contributed by atoms with Crippen molar-refractivity contribution < 1.29 is 4.79 Å². The van der Waals surface area contributed by atoms with Gasteiger partial charge in [-0.15, -0.1) is 0 Å². The number of aromatic amines is 1. The van der Waals surface area contributed by atoms with Crippen molar-refractivity contribution in [2.75, 3.05) is 13.1 Å². The average Bonchev–Trinajstić information content (AvgIpc) is 3.14. The first-order valence-corrected chi connectivity index (χ1v) is 11.3. The van der Waals surface area contributed by atoms with Crippen molar-refractivity contribution in [2.45, 2.75) is 39.5 Å². The van der Waals surface area contributed by atoms with Gasteiger partial charge in [-0.25, -0.2) is 0 Å². The highest BCUT2D eigenvalue weighted by Crippen LogP contribution is 2.35. The van der Waals surface area contributed by atoms with Crippen molar-refractivity contribution in [3.05, 3.63) is 83.1 Å². The topological polar surface area (TPSA) is 61.9 Å². The Balaban J connectivity index is 1.37. The molecule has 4 heterocycles. The van der Waals surface area contributed by atoms with E-state index in [0.29, 0.717) is 11.5 Å². The van der Waals surface area contributed by atoms with Gasteiger partial charge in [0.25, 0.3) is 5.91 Å². The molecule has 5 nitrogen and oxygen atoms in total. The lowest BCUT2D eigenvalue weighted by Gasteiger charge is -2.32. The molecule has 1 fully saturated rings. The molecule has 5 rings (SSSR count). The third-order valence-corrected chi connectivity index (χ3v) is 6.61. The summed E-state index contributed by atoms with van der Waals surface area (Å²) >= 11 is 0. The number of nitrogens with zero attached hydrogens (tertiary/aromatic N) is 3. The lowest BCUT2D eigenvalue weighted by Crippen LogP contribution is -2.38. The molecule has 1 aliphatic heterocycles. The fourth-order valence-electron chi connectivity index (χ4n) is 4.99. The van der Waals surface area contributed by atoms with E-state index in [1.165, 1.54) is 33.3 Å². The first kappa shape index (κ1) is 20.4. The van der Waals surface area contributed by atoms with E-state index in [-0.39, 0.29) is 5.91 Å². The van der Waals surface area contributed by atoms with Crippen molar-refractivity contribution in [3.63, 3.8) is 0 Å². The molecular formula is C27H28N4O. The number of piperidine rings is 1. The van der Waals surface area contributed by atoms with Gasteiger partial charge < -0.3 is 9.88 Å². The number of benzene rings is 1. The zero-order valence-electron chi connectivity index (χ0n) is 18.9. The number of rotatable bonds is 3. The number of H-pyrrole nitrogens is 1. The zero-order valence-corrected chi connectivity index (χ0v) is 18.9. The molecule has 0 bridgehead atoms. The summed E-state index contributed by atoms with van der Waals surface area (Å²) in [6, 6.07) is 14.6. The lowest BCUT2D eigenvalue weighted by molar-refractivity contribution is 0.0711. The summed E-state index contributed by atoms with van der Waals surface area (Å²) in [6.07, 6.45) is 5.29. The van der Waals surface area contributed by atoms with Crippen molar-refractivity contribution in [1.29, 1.82) is 0 Å². The number of aryl methyl sites for hydroxylation is 3. The molecule has 0 unspecified atom stereocenters. The van der Waals surface area contributed by atoms with Gasteiger partial charge in [0.05, 0.1) is 5.56 Å². The van der Waals surface area contributed by atoms with Crippen LogP contribution < -0.4 is 0 Å². The van der Waals surface area contributed by atoms with Gasteiger partial charge in [-0.3, -0.25) is 14.8 Å². The minimum absolute atomic E-state index is 0.0810. The van der Waals surface area contributed by atoms with E-state index in [2.05, 4.69) is 52.2 Å². The van der Waals surface area contributed by atoms with E-state index in [1.807, 2.05) is 30.9 Å². The first-order chi connectivity index (χ1) is 15.5. The molecule has 1 aromatic carbocycles. The van der Waals surface area contributed by atoms with Crippen LogP contribution in [-0.2, 0) is 0 Å². The smallest absolute Gasteiger partial charge is 0.255 e. The highest BCUT2D eigenvalue weighted by Gasteiger charge is 2.27. The Morgan fingerprint density at radius 2 is 1.75 bits per heavy atom. The first-order valence-electron chi connectivity index (χ1n) is 11.3. The number of hydrogen-bond acceptors (Lipinski definition) is 3. The number of carbonyl (C=O) groups is 1. The Morgan fingerprint density at radius 1 is 1.00 bits per heavy atom. The second-order valence-electron chi connectivity index (χ2n) is 8.87. The molecule has 0 spiro atoms. The predicted molar refractivity (Wildman–Crippen MR) is 128 cm³/mol. The van der Waals surface area contributed by atoms with E-state index in [9.17, 15) is 4.79 Å². The fraction of sp³-hybridized carbons (Fsp3) is 0.296. The third-order valence-electron chi connectivity index (χ3n) is 6.61. The monoisotopic (exact) mass is 424 g/mol. The van der Waals surface area contributed by atoms with E-state index < -0.39 is 0 Å². The van der Waals surface area contributed by atoms with Crippen LogP contribution in [0.2, 0.25) is 0 Å². The van der Waals surface area contributed by atoms with E-state index in [4.69, 9.17) is 0 Å². The number of nitrogens with one attached hydrogen (secondary N) is 1. The number of hydrogen-bond donors (Lipinski definition) is 1. The quantitative estimate of drug-likeness (QED) is 0.468. The highest BCUT2D eigenvalue weighted by atomic mass is 16.2. The largest absolute Gasteiger partial charge is 0.358 e. The van der Waals surface area contributed by atoms with Crippen LogP contribution in [0.5, 0.6) is 0 Å². The van der Waals surface area contributed by atoms with Crippen molar-refractivity contribution in [3.8, 4) is 11.1 Å². The van der Waals surface area contributed by atoms with Gasteiger partial charge >= 0.3 is 0 Å². The molecule has 32 heavy (non-hydrogen) atoms. The van der Waals surface area contributed by atoms with Gasteiger partial charge in [0, 0.05) is 59.4 Å². The van der Waals surface area contributed by atoms with Crippen molar-refractivity contribution in [1.82, 2.24) is 19.9 Å². The molecule has 1 saturated heterocycles. The molecule has 0 aliphatic carbocycles. The molecule has 5 heteroatoms. The SMILES string of the molecule is Cc1cc(-c2ccc3c(C)c(C4CCN(C(=O)c5cccnc5)CC4)[nH]c3c2)cc(C)n1. The van der Waals surface area contributed by atoms with Crippen molar-refractivity contribution in [2.24, 2.45) is 0 Å². The molecule has 1 aliphatic rings. The summed E-state index contributed by atoms with van der Waals surface area (Å²) in [4.78, 5) is 27.0. The zero-order chi connectivity index (χ0) is 22.2. The minimum atomic E-state index is 0.0810. The Hall–Kier alpha value is -3.47.